The van der Waals surface area contributed by atoms with E-state index in [9.17, 15) is 14.9 Å². The van der Waals surface area contributed by atoms with Crippen LogP contribution in [0.2, 0.25) is 0 Å². The molecule has 90 valence electrons. The van der Waals surface area contributed by atoms with Crippen LogP contribution >= 0.6 is 0 Å². The van der Waals surface area contributed by atoms with Gasteiger partial charge in [0.15, 0.2) is 0 Å². The summed E-state index contributed by atoms with van der Waals surface area (Å²) in [7, 11) is 0. The molecular formula is C11H12N2O4. The number of aromatic nitrogens is 1. The highest BCUT2D eigenvalue weighted by Gasteiger charge is 2.10. The maximum atomic E-state index is 11.0. The summed E-state index contributed by atoms with van der Waals surface area (Å²) in [5, 5.41) is 10.7. The van der Waals surface area contributed by atoms with Crippen molar-refractivity contribution in [2.45, 2.75) is 13.3 Å². The molecule has 0 fully saturated rings. The first-order valence-corrected chi connectivity index (χ1v) is 5.06. The molecule has 0 unspecified atom stereocenters. The van der Waals surface area contributed by atoms with Crippen molar-refractivity contribution >= 4 is 17.7 Å². The number of rotatable bonds is 5. The van der Waals surface area contributed by atoms with Gasteiger partial charge in [-0.05, 0) is 19.1 Å². The van der Waals surface area contributed by atoms with Gasteiger partial charge in [-0.1, -0.05) is 6.08 Å². The van der Waals surface area contributed by atoms with Crippen LogP contribution in [0.1, 0.15) is 19.0 Å². The number of esters is 1. The molecule has 0 N–H and O–H groups in total. The van der Waals surface area contributed by atoms with E-state index in [1.54, 1.807) is 6.92 Å². The summed E-state index contributed by atoms with van der Waals surface area (Å²) >= 11 is 0. The fourth-order valence-electron chi connectivity index (χ4n) is 1.18. The Kier molecular flexibility index (Phi) is 4.80. The minimum atomic E-state index is -0.517. The van der Waals surface area contributed by atoms with Gasteiger partial charge in [0.25, 0.3) is 5.69 Å². The molecular weight excluding hydrogens is 224 g/mol. The third-order valence-corrected chi connectivity index (χ3v) is 1.88. The molecule has 0 saturated heterocycles. The molecule has 0 bridgehead atoms. The van der Waals surface area contributed by atoms with Crippen molar-refractivity contribution in [1.82, 2.24) is 4.98 Å². The van der Waals surface area contributed by atoms with Gasteiger partial charge in [-0.15, -0.1) is 0 Å². The molecule has 6 nitrogen and oxygen atoms in total. The Morgan fingerprint density at radius 2 is 2.41 bits per heavy atom. The number of nitrogens with zero attached hydrogens (tertiary/aromatic N) is 2. The quantitative estimate of drug-likeness (QED) is 0.443. The third-order valence-electron chi connectivity index (χ3n) is 1.88. The Bertz CT molecular complexity index is 443. The number of carbonyl (C=O) groups is 1. The van der Waals surface area contributed by atoms with Crippen LogP contribution in [0.25, 0.3) is 6.08 Å². The normalized spacial score (nSPS) is 10.4. The third kappa shape index (κ3) is 4.02. The van der Waals surface area contributed by atoms with Crippen molar-refractivity contribution in [3.05, 3.63) is 40.2 Å². The monoisotopic (exact) mass is 236 g/mol. The molecule has 0 aliphatic heterocycles. The van der Waals surface area contributed by atoms with E-state index in [-0.39, 0.29) is 23.8 Å². The molecule has 0 radical (unpaired) electrons. The molecule has 0 atom stereocenters. The van der Waals surface area contributed by atoms with Crippen LogP contribution < -0.4 is 0 Å². The lowest BCUT2D eigenvalue weighted by Crippen LogP contribution is -2.01. The van der Waals surface area contributed by atoms with Crippen LogP contribution in [0.4, 0.5) is 5.69 Å². The van der Waals surface area contributed by atoms with E-state index in [0.29, 0.717) is 6.61 Å². The summed E-state index contributed by atoms with van der Waals surface area (Å²) in [6.45, 7) is 2.03. The second kappa shape index (κ2) is 6.37. The van der Waals surface area contributed by atoms with Gasteiger partial charge >= 0.3 is 5.97 Å². The van der Waals surface area contributed by atoms with E-state index in [1.165, 1.54) is 30.5 Å². The summed E-state index contributed by atoms with van der Waals surface area (Å²) < 4.78 is 4.71. The predicted molar refractivity (Wildman–Crippen MR) is 61.2 cm³/mol. The average molecular weight is 236 g/mol. The molecule has 0 aliphatic rings. The van der Waals surface area contributed by atoms with Crippen molar-refractivity contribution in [2.75, 3.05) is 6.61 Å². The number of nitro groups is 1. The average Bonchev–Trinajstić information content (AvgIpc) is 2.30. The topological polar surface area (TPSA) is 82.3 Å². The van der Waals surface area contributed by atoms with Crippen molar-refractivity contribution in [2.24, 2.45) is 0 Å². The SMILES string of the molecule is CCOC(=O)CC=Cc1ncccc1[N+](=O)[O-]. The van der Waals surface area contributed by atoms with Crippen LogP contribution in [-0.4, -0.2) is 22.5 Å². The first-order chi connectivity index (χ1) is 8.15. The molecule has 0 spiro atoms. The van der Waals surface area contributed by atoms with Gasteiger partial charge in [0, 0.05) is 12.3 Å². The molecule has 1 aromatic heterocycles. The highest BCUT2D eigenvalue weighted by molar-refractivity contribution is 5.73. The maximum Gasteiger partial charge on any atom is 0.309 e. The Labute approximate surface area is 98.1 Å². The Morgan fingerprint density at radius 1 is 1.65 bits per heavy atom. The number of ether oxygens (including phenoxy) is 1. The number of pyridine rings is 1. The first-order valence-electron chi connectivity index (χ1n) is 5.06. The molecule has 1 heterocycles. The van der Waals surface area contributed by atoms with Crippen molar-refractivity contribution < 1.29 is 14.5 Å². The molecule has 0 aromatic carbocycles. The minimum absolute atomic E-state index is 0.0710. The van der Waals surface area contributed by atoms with Gasteiger partial charge in [0.05, 0.1) is 18.0 Å². The van der Waals surface area contributed by atoms with E-state index >= 15 is 0 Å². The van der Waals surface area contributed by atoms with Crippen molar-refractivity contribution in [1.29, 1.82) is 0 Å². The Hall–Kier alpha value is -2.24. The molecule has 6 heteroatoms. The van der Waals surface area contributed by atoms with Crippen molar-refractivity contribution in [3.63, 3.8) is 0 Å². The molecule has 1 rings (SSSR count). The van der Waals surface area contributed by atoms with Crippen LogP contribution in [0.3, 0.4) is 0 Å². The van der Waals surface area contributed by atoms with Crippen LogP contribution in [0.5, 0.6) is 0 Å². The highest BCUT2D eigenvalue weighted by atomic mass is 16.6. The Balaban J connectivity index is 2.71. The second-order valence-corrected chi connectivity index (χ2v) is 3.08. The van der Waals surface area contributed by atoms with Gasteiger partial charge in [0.2, 0.25) is 0 Å². The molecule has 1 aromatic rings. The van der Waals surface area contributed by atoms with Gasteiger partial charge in [-0.25, -0.2) is 4.98 Å². The fourth-order valence-corrected chi connectivity index (χ4v) is 1.18. The fraction of sp³-hybridized carbons (Fsp3) is 0.273. The summed E-state index contributed by atoms with van der Waals surface area (Å²) in [6.07, 6.45) is 4.46. The number of hydrogen-bond acceptors (Lipinski definition) is 5. The lowest BCUT2D eigenvalue weighted by molar-refractivity contribution is -0.385. The van der Waals surface area contributed by atoms with E-state index in [0.717, 1.165) is 0 Å². The smallest absolute Gasteiger partial charge is 0.309 e. The standard InChI is InChI=1S/C11H12N2O4/c1-2-17-11(14)7-3-5-9-10(13(15)16)6-4-8-12-9/h3-6,8H,2,7H2,1H3. The molecule has 0 saturated carbocycles. The Morgan fingerprint density at radius 3 is 3.06 bits per heavy atom. The van der Waals surface area contributed by atoms with Gasteiger partial charge < -0.3 is 4.74 Å². The molecule has 0 amide bonds. The summed E-state index contributed by atoms with van der Waals surface area (Å²) in [6, 6.07) is 2.85. The number of hydrogen-bond donors (Lipinski definition) is 0. The number of carbonyl (C=O) groups excluding carboxylic acids is 1. The zero-order valence-corrected chi connectivity index (χ0v) is 9.33. The zero-order chi connectivity index (χ0) is 12.7. The van der Waals surface area contributed by atoms with Crippen molar-refractivity contribution in [3.8, 4) is 0 Å². The largest absolute Gasteiger partial charge is 0.466 e. The minimum Gasteiger partial charge on any atom is -0.466 e. The van der Waals surface area contributed by atoms with Gasteiger partial charge in [-0.2, -0.15) is 0 Å². The summed E-state index contributed by atoms with van der Waals surface area (Å²) in [5.74, 6) is -0.373. The first kappa shape index (κ1) is 12.8. The summed E-state index contributed by atoms with van der Waals surface area (Å²) in [4.78, 5) is 25.0. The van der Waals surface area contributed by atoms with Gasteiger partial charge in [-0.3, -0.25) is 14.9 Å². The zero-order valence-electron chi connectivity index (χ0n) is 9.33. The van der Waals surface area contributed by atoms with E-state index in [4.69, 9.17) is 4.74 Å². The van der Waals surface area contributed by atoms with Gasteiger partial charge in [0.1, 0.15) is 5.69 Å². The lowest BCUT2D eigenvalue weighted by Gasteiger charge is -1.97. The van der Waals surface area contributed by atoms with E-state index in [1.807, 2.05) is 0 Å². The lowest BCUT2D eigenvalue weighted by atomic mass is 10.2. The van der Waals surface area contributed by atoms with Crippen LogP contribution in [-0.2, 0) is 9.53 Å². The van der Waals surface area contributed by atoms with E-state index < -0.39 is 4.92 Å². The highest BCUT2D eigenvalue weighted by Crippen LogP contribution is 2.16. The second-order valence-electron chi connectivity index (χ2n) is 3.08. The molecule has 17 heavy (non-hydrogen) atoms. The van der Waals surface area contributed by atoms with Crippen LogP contribution in [0.15, 0.2) is 24.4 Å². The van der Waals surface area contributed by atoms with Crippen LogP contribution in [0, 0.1) is 10.1 Å². The predicted octanol–water partition coefficient (Wildman–Crippen LogP) is 1.96. The molecule has 0 aliphatic carbocycles. The summed E-state index contributed by atoms with van der Waals surface area (Å²) in [5.41, 5.74) is 0.134. The maximum absolute atomic E-state index is 11.0. The van der Waals surface area contributed by atoms with E-state index in [2.05, 4.69) is 4.98 Å².